The minimum Gasteiger partial charge on any atom is -0.465 e. The van der Waals surface area contributed by atoms with Crippen molar-refractivity contribution >= 4 is 16.8 Å². The number of ether oxygens (including phenoxy) is 1. The zero-order valence-electron chi connectivity index (χ0n) is 13.1. The maximum absolute atomic E-state index is 13.1. The van der Waals surface area contributed by atoms with Gasteiger partial charge in [-0.25, -0.2) is 9.00 Å². The zero-order valence-corrected chi connectivity index (χ0v) is 13.9. The number of carbonyl (C=O) groups excluding carboxylic acids is 1. The van der Waals surface area contributed by atoms with Crippen molar-refractivity contribution in [1.82, 2.24) is 0 Å². The third-order valence-electron chi connectivity index (χ3n) is 4.83. The van der Waals surface area contributed by atoms with Gasteiger partial charge in [0.05, 0.1) is 23.5 Å². The minimum absolute atomic E-state index is 0.386. The van der Waals surface area contributed by atoms with Crippen LogP contribution in [-0.4, -0.2) is 17.3 Å². The predicted octanol–water partition coefficient (Wildman–Crippen LogP) is 3.23. The molecule has 1 atom stereocenters. The molecule has 0 bridgehead atoms. The first-order valence-electron chi connectivity index (χ1n) is 7.95. The van der Waals surface area contributed by atoms with Crippen molar-refractivity contribution in [3.8, 4) is 0 Å². The smallest absolute Gasteiger partial charge is 0.337 e. The van der Waals surface area contributed by atoms with E-state index in [1.165, 1.54) is 30.2 Å². The second-order valence-corrected chi connectivity index (χ2v) is 7.58. The Morgan fingerprint density at radius 3 is 2.39 bits per heavy atom. The molecule has 0 aromatic heterocycles. The van der Waals surface area contributed by atoms with Crippen LogP contribution >= 0.6 is 0 Å². The van der Waals surface area contributed by atoms with Gasteiger partial charge in [0.2, 0.25) is 0 Å². The number of carbonyl (C=O) groups is 1. The number of esters is 1. The maximum atomic E-state index is 13.1. The van der Waals surface area contributed by atoms with E-state index in [4.69, 9.17) is 4.74 Å². The fourth-order valence-corrected chi connectivity index (χ4v) is 5.11. The van der Waals surface area contributed by atoms with Gasteiger partial charge < -0.3 is 4.74 Å². The molecule has 1 aliphatic heterocycles. The average Bonchev–Trinajstić information content (AvgIpc) is 2.99. The van der Waals surface area contributed by atoms with Gasteiger partial charge in [0.15, 0.2) is 0 Å². The molecule has 0 amide bonds. The highest BCUT2D eigenvalue weighted by Crippen LogP contribution is 2.34. The number of hydrogen-bond donors (Lipinski definition) is 0. The van der Waals surface area contributed by atoms with Crippen LogP contribution in [0.3, 0.4) is 0 Å². The summed E-state index contributed by atoms with van der Waals surface area (Å²) in [5.41, 5.74) is 5.47. The van der Waals surface area contributed by atoms with Gasteiger partial charge in [0, 0.05) is 9.79 Å². The van der Waals surface area contributed by atoms with Crippen LogP contribution in [0, 0.1) is 0 Å². The van der Waals surface area contributed by atoms with Gasteiger partial charge in [0.1, 0.15) is 0 Å². The highest BCUT2D eigenvalue weighted by atomic mass is 32.2. The van der Waals surface area contributed by atoms with Gasteiger partial charge in [-0.2, -0.15) is 0 Å². The lowest BCUT2D eigenvalue weighted by Gasteiger charge is -2.10. The molecule has 0 spiro atoms. The fourth-order valence-electron chi connectivity index (χ4n) is 3.59. The number of aryl methyl sites for hydroxylation is 4. The van der Waals surface area contributed by atoms with Crippen LogP contribution < -0.4 is 0 Å². The first kappa shape index (κ1) is 14.6. The van der Waals surface area contributed by atoms with Crippen molar-refractivity contribution in [2.45, 2.75) is 41.9 Å². The summed E-state index contributed by atoms with van der Waals surface area (Å²) in [4.78, 5) is 13.4. The van der Waals surface area contributed by atoms with Gasteiger partial charge in [-0.1, -0.05) is 12.1 Å². The van der Waals surface area contributed by atoms with Crippen LogP contribution in [0.15, 0.2) is 40.1 Å². The van der Waals surface area contributed by atoms with E-state index in [0.29, 0.717) is 5.56 Å². The Labute approximate surface area is 138 Å². The van der Waals surface area contributed by atoms with Crippen LogP contribution in [-0.2, 0) is 41.2 Å². The Morgan fingerprint density at radius 2 is 1.61 bits per heavy atom. The van der Waals surface area contributed by atoms with E-state index in [-0.39, 0.29) is 5.97 Å². The summed E-state index contributed by atoms with van der Waals surface area (Å²) in [7, 11) is 0.128. The van der Waals surface area contributed by atoms with Gasteiger partial charge in [-0.15, -0.1) is 0 Å². The Bertz CT molecular complexity index is 839. The van der Waals surface area contributed by atoms with E-state index >= 15 is 0 Å². The van der Waals surface area contributed by atoms with Crippen LogP contribution in [0.4, 0.5) is 0 Å². The van der Waals surface area contributed by atoms with E-state index < -0.39 is 10.8 Å². The monoisotopic (exact) mass is 326 g/mol. The molecule has 0 saturated carbocycles. The molecule has 1 heterocycles. The van der Waals surface area contributed by atoms with Gasteiger partial charge in [-0.05, 0) is 72.6 Å². The molecule has 3 nitrogen and oxygen atoms in total. The number of hydrogen-bond acceptors (Lipinski definition) is 3. The Morgan fingerprint density at radius 1 is 0.913 bits per heavy atom. The lowest BCUT2D eigenvalue weighted by atomic mass is 10.00. The molecule has 0 N–H and O–H groups in total. The molecule has 2 aliphatic rings. The van der Waals surface area contributed by atoms with Crippen molar-refractivity contribution in [1.29, 1.82) is 0 Å². The first-order valence-corrected chi connectivity index (χ1v) is 9.10. The summed E-state index contributed by atoms with van der Waals surface area (Å²) in [6.45, 7) is 0. The minimum atomic E-state index is -1.24. The summed E-state index contributed by atoms with van der Waals surface area (Å²) in [5, 5.41) is 0. The number of methoxy groups -OCH3 is 1. The Balaban J connectivity index is 1.84. The summed E-state index contributed by atoms with van der Waals surface area (Å²) in [5.74, 6) is -0.386. The Kier molecular flexibility index (Phi) is 3.57. The molecule has 4 rings (SSSR count). The largest absolute Gasteiger partial charge is 0.465 e. The fraction of sp³-hybridized carbons (Fsp3) is 0.316. The quantitative estimate of drug-likeness (QED) is 0.756. The maximum Gasteiger partial charge on any atom is 0.337 e. The second kappa shape index (κ2) is 5.60. The van der Waals surface area contributed by atoms with Crippen LogP contribution in [0.1, 0.15) is 39.0 Å². The van der Waals surface area contributed by atoms with Crippen LogP contribution in [0.2, 0.25) is 0 Å². The molecule has 2 aromatic carbocycles. The van der Waals surface area contributed by atoms with Gasteiger partial charge in [-0.3, -0.25) is 0 Å². The normalized spacial score (nSPS) is 18.6. The molecule has 23 heavy (non-hydrogen) atoms. The van der Waals surface area contributed by atoms with Crippen molar-refractivity contribution in [3.05, 3.63) is 58.1 Å². The molecule has 118 valence electrons. The van der Waals surface area contributed by atoms with Crippen LogP contribution in [0.5, 0.6) is 0 Å². The highest BCUT2D eigenvalue weighted by Gasteiger charge is 2.24. The average molecular weight is 326 g/mol. The molecule has 4 heteroatoms. The van der Waals surface area contributed by atoms with Gasteiger partial charge >= 0.3 is 5.97 Å². The number of rotatable bonds is 1. The van der Waals surface area contributed by atoms with Crippen molar-refractivity contribution in [3.63, 3.8) is 0 Å². The van der Waals surface area contributed by atoms with E-state index in [9.17, 15) is 9.00 Å². The van der Waals surface area contributed by atoms with Crippen LogP contribution in [0.25, 0.3) is 0 Å². The predicted molar refractivity (Wildman–Crippen MR) is 88.3 cm³/mol. The number of fused-ring (bicyclic) bond motifs is 3. The zero-order chi connectivity index (χ0) is 16.0. The third-order valence-corrected chi connectivity index (χ3v) is 6.39. The highest BCUT2D eigenvalue weighted by molar-refractivity contribution is 7.85. The summed E-state index contributed by atoms with van der Waals surface area (Å²) in [6, 6.07) is 9.80. The molecule has 0 saturated heterocycles. The number of benzene rings is 2. The molecule has 2 aromatic rings. The second-order valence-electron chi connectivity index (χ2n) is 6.17. The topological polar surface area (TPSA) is 43.4 Å². The molecule has 0 fully saturated rings. The molecule has 1 unspecified atom stereocenters. The lowest BCUT2D eigenvalue weighted by Crippen LogP contribution is -2.04. The van der Waals surface area contributed by atoms with Crippen molar-refractivity contribution in [2.75, 3.05) is 7.11 Å². The van der Waals surface area contributed by atoms with Crippen molar-refractivity contribution in [2.24, 2.45) is 0 Å². The van der Waals surface area contributed by atoms with E-state index in [1.54, 1.807) is 12.1 Å². The van der Waals surface area contributed by atoms with Crippen molar-refractivity contribution < 1.29 is 13.7 Å². The van der Waals surface area contributed by atoms with E-state index in [1.807, 2.05) is 6.07 Å². The third kappa shape index (κ3) is 2.41. The molecular weight excluding hydrogens is 308 g/mol. The van der Waals surface area contributed by atoms with E-state index in [0.717, 1.165) is 41.0 Å². The SMILES string of the molecule is COC(=O)c1ccc2c(c1)S(=O)c1cc3c(cc1CC2)CCC3. The summed E-state index contributed by atoms with van der Waals surface area (Å²) < 4.78 is 17.9. The summed E-state index contributed by atoms with van der Waals surface area (Å²) >= 11 is 0. The molecule has 0 radical (unpaired) electrons. The first-order chi connectivity index (χ1) is 11.2. The summed E-state index contributed by atoms with van der Waals surface area (Å²) in [6.07, 6.45) is 5.16. The molecule has 1 aliphatic carbocycles. The lowest BCUT2D eigenvalue weighted by molar-refractivity contribution is 0.0600. The van der Waals surface area contributed by atoms with E-state index in [2.05, 4.69) is 12.1 Å². The Hall–Kier alpha value is -1.94. The standard InChI is InChI=1S/C19H18O3S/c1-22-19(20)16-8-6-12-5-7-15-9-13-3-2-4-14(13)10-18(15)23(21)17(12)11-16/h6,8-11H,2-5,7H2,1H3. The van der Waals surface area contributed by atoms with Gasteiger partial charge in [0.25, 0.3) is 0 Å². The molecular formula is C19H18O3S.